The van der Waals surface area contributed by atoms with E-state index < -0.39 is 0 Å². The molecule has 0 unspecified atom stereocenters. The van der Waals surface area contributed by atoms with E-state index in [1.165, 1.54) is 16.0 Å². The Bertz CT molecular complexity index is 680. The Morgan fingerprint density at radius 3 is 2.62 bits per heavy atom. The number of aryl methyl sites for hydroxylation is 1. The van der Waals surface area contributed by atoms with Gasteiger partial charge in [-0.1, -0.05) is 30.3 Å². The van der Waals surface area contributed by atoms with Crippen molar-refractivity contribution < 1.29 is 4.79 Å². The van der Waals surface area contributed by atoms with Crippen molar-refractivity contribution in [2.45, 2.75) is 20.0 Å². The fourth-order valence-electron chi connectivity index (χ4n) is 2.03. The molecule has 2 rings (SSSR count). The normalized spacial score (nSPS) is 11.2. The standard InChI is InChI=1S/C18H24N4OS/c1-14-7-4-5-8-15(14)11-19-18(21-13-17(23)22(2)3)20-12-16-9-6-10-24-16/h4-10H,11-13H2,1-3H3,(H2,19,20,21). The number of carbonyl (C=O) groups is 1. The Labute approximate surface area is 147 Å². The summed E-state index contributed by atoms with van der Waals surface area (Å²) in [5.74, 6) is 0.651. The van der Waals surface area contributed by atoms with Crippen LogP contribution in [0.15, 0.2) is 46.8 Å². The fourth-order valence-corrected chi connectivity index (χ4v) is 2.67. The van der Waals surface area contributed by atoms with Gasteiger partial charge in [0.1, 0.15) is 0 Å². The largest absolute Gasteiger partial charge is 0.351 e. The second kappa shape index (κ2) is 9.08. The molecule has 6 heteroatoms. The molecule has 1 aromatic carbocycles. The summed E-state index contributed by atoms with van der Waals surface area (Å²) < 4.78 is 0. The first-order valence-corrected chi connectivity index (χ1v) is 8.73. The number of hydrogen-bond donors (Lipinski definition) is 2. The van der Waals surface area contributed by atoms with Gasteiger partial charge in [-0.25, -0.2) is 4.99 Å². The van der Waals surface area contributed by atoms with E-state index in [2.05, 4.69) is 40.7 Å². The highest BCUT2D eigenvalue weighted by Gasteiger charge is 2.06. The number of carbonyl (C=O) groups excluding carboxylic acids is 1. The molecule has 1 amide bonds. The maximum absolute atomic E-state index is 11.8. The molecule has 0 atom stereocenters. The Kier molecular flexibility index (Phi) is 6.81. The third-order valence-corrected chi connectivity index (χ3v) is 4.46. The molecule has 0 aliphatic rings. The molecule has 0 aliphatic heterocycles. The van der Waals surface area contributed by atoms with Gasteiger partial charge in [-0.05, 0) is 29.5 Å². The summed E-state index contributed by atoms with van der Waals surface area (Å²) in [5, 5.41) is 8.44. The highest BCUT2D eigenvalue weighted by molar-refractivity contribution is 7.09. The molecule has 2 aromatic rings. The van der Waals surface area contributed by atoms with Crippen LogP contribution in [0.5, 0.6) is 0 Å². The Balaban J connectivity index is 2.01. The average Bonchev–Trinajstić information content (AvgIpc) is 3.08. The van der Waals surface area contributed by atoms with Gasteiger partial charge in [-0.3, -0.25) is 4.79 Å². The van der Waals surface area contributed by atoms with Gasteiger partial charge >= 0.3 is 0 Å². The van der Waals surface area contributed by atoms with Gasteiger partial charge in [-0.2, -0.15) is 0 Å². The lowest BCUT2D eigenvalue weighted by atomic mass is 10.1. The van der Waals surface area contributed by atoms with Crippen LogP contribution in [0.3, 0.4) is 0 Å². The number of benzene rings is 1. The average molecular weight is 344 g/mol. The third kappa shape index (κ3) is 5.70. The Morgan fingerprint density at radius 2 is 1.96 bits per heavy atom. The molecular formula is C18H24N4OS. The molecule has 0 saturated carbocycles. The van der Waals surface area contributed by atoms with E-state index in [-0.39, 0.29) is 12.5 Å². The van der Waals surface area contributed by atoms with Crippen molar-refractivity contribution in [3.63, 3.8) is 0 Å². The molecule has 24 heavy (non-hydrogen) atoms. The summed E-state index contributed by atoms with van der Waals surface area (Å²) in [4.78, 5) is 19.2. The summed E-state index contributed by atoms with van der Waals surface area (Å²) in [7, 11) is 3.49. The number of amides is 1. The van der Waals surface area contributed by atoms with E-state index in [1.54, 1.807) is 30.3 Å². The number of hydrogen-bond acceptors (Lipinski definition) is 3. The van der Waals surface area contributed by atoms with Crippen LogP contribution < -0.4 is 10.6 Å². The molecule has 0 radical (unpaired) electrons. The van der Waals surface area contributed by atoms with Gasteiger partial charge in [0.25, 0.3) is 0 Å². The maximum Gasteiger partial charge on any atom is 0.241 e. The second-order valence-electron chi connectivity index (χ2n) is 5.67. The van der Waals surface area contributed by atoms with Gasteiger partial charge in [0.05, 0.1) is 19.6 Å². The number of nitrogens with one attached hydrogen (secondary N) is 2. The maximum atomic E-state index is 11.8. The highest BCUT2D eigenvalue weighted by Crippen LogP contribution is 2.09. The molecular weight excluding hydrogens is 320 g/mol. The second-order valence-corrected chi connectivity index (χ2v) is 6.70. The number of nitrogens with zero attached hydrogens (tertiary/aromatic N) is 2. The lowest BCUT2D eigenvalue weighted by molar-refractivity contribution is -0.127. The molecule has 1 heterocycles. The lowest BCUT2D eigenvalue weighted by Gasteiger charge is -2.15. The van der Waals surface area contributed by atoms with Crippen molar-refractivity contribution in [1.82, 2.24) is 15.5 Å². The predicted molar refractivity (Wildman–Crippen MR) is 100 cm³/mol. The summed E-state index contributed by atoms with van der Waals surface area (Å²) in [6.45, 7) is 3.56. The van der Waals surface area contributed by atoms with Crippen LogP contribution in [0.4, 0.5) is 0 Å². The predicted octanol–water partition coefficient (Wildman–Crippen LogP) is 2.38. The summed E-state index contributed by atoms with van der Waals surface area (Å²) >= 11 is 1.69. The molecule has 2 N–H and O–H groups in total. The van der Waals surface area contributed by atoms with Gasteiger partial charge in [-0.15, -0.1) is 11.3 Å². The van der Waals surface area contributed by atoms with Gasteiger partial charge in [0.2, 0.25) is 5.91 Å². The van der Waals surface area contributed by atoms with E-state index in [1.807, 2.05) is 23.6 Å². The third-order valence-electron chi connectivity index (χ3n) is 3.58. The number of thiophene rings is 1. The van der Waals surface area contributed by atoms with Crippen molar-refractivity contribution in [2.24, 2.45) is 4.99 Å². The number of aliphatic imine (C=N–C) groups is 1. The summed E-state index contributed by atoms with van der Waals surface area (Å²) in [5.41, 5.74) is 2.39. The van der Waals surface area contributed by atoms with Crippen LogP contribution in [0.1, 0.15) is 16.0 Å². The first-order valence-electron chi connectivity index (χ1n) is 7.85. The van der Waals surface area contributed by atoms with Crippen molar-refractivity contribution in [2.75, 3.05) is 20.6 Å². The van der Waals surface area contributed by atoms with Crippen LogP contribution in [0.25, 0.3) is 0 Å². The highest BCUT2D eigenvalue weighted by atomic mass is 32.1. The minimum Gasteiger partial charge on any atom is -0.351 e. The fraction of sp³-hybridized carbons (Fsp3) is 0.333. The zero-order chi connectivity index (χ0) is 17.4. The van der Waals surface area contributed by atoms with E-state index in [9.17, 15) is 4.79 Å². The first-order chi connectivity index (χ1) is 11.6. The van der Waals surface area contributed by atoms with Crippen LogP contribution >= 0.6 is 11.3 Å². The molecule has 0 spiro atoms. The minimum absolute atomic E-state index is 0.0107. The molecule has 0 saturated heterocycles. The monoisotopic (exact) mass is 344 g/mol. The molecule has 128 valence electrons. The number of likely N-dealkylation sites (N-methyl/N-ethyl adjacent to an activating group) is 1. The van der Waals surface area contributed by atoms with Crippen molar-refractivity contribution in [3.05, 3.63) is 57.8 Å². The van der Waals surface area contributed by atoms with Crippen molar-refractivity contribution in [1.29, 1.82) is 0 Å². The number of rotatable bonds is 6. The Morgan fingerprint density at radius 1 is 1.17 bits per heavy atom. The van der Waals surface area contributed by atoms with Crippen molar-refractivity contribution in [3.8, 4) is 0 Å². The first kappa shape index (κ1) is 18.0. The minimum atomic E-state index is 0.0107. The van der Waals surface area contributed by atoms with Crippen molar-refractivity contribution >= 4 is 23.2 Å². The quantitative estimate of drug-likeness (QED) is 0.625. The molecule has 0 bridgehead atoms. The van der Waals surface area contributed by atoms with Gasteiger partial charge in [0, 0.05) is 19.0 Å². The van der Waals surface area contributed by atoms with Crippen LogP contribution in [-0.4, -0.2) is 37.4 Å². The molecule has 0 aliphatic carbocycles. The zero-order valence-electron chi connectivity index (χ0n) is 14.4. The van der Waals surface area contributed by atoms with Gasteiger partial charge < -0.3 is 15.5 Å². The lowest BCUT2D eigenvalue weighted by Crippen LogP contribution is -2.42. The van der Waals surface area contributed by atoms with Crippen LogP contribution in [-0.2, 0) is 17.9 Å². The molecule has 1 aromatic heterocycles. The van der Waals surface area contributed by atoms with Crippen LogP contribution in [0, 0.1) is 6.92 Å². The van der Waals surface area contributed by atoms with Crippen LogP contribution in [0.2, 0.25) is 0 Å². The summed E-state index contributed by atoms with van der Waals surface area (Å²) in [6, 6.07) is 12.3. The topological polar surface area (TPSA) is 56.7 Å². The van der Waals surface area contributed by atoms with E-state index in [0.717, 1.165) is 0 Å². The Hall–Kier alpha value is -2.34. The zero-order valence-corrected chi connectivity index (χ0v) is 15.2. The summed E-state index contributed by atoms with van der Waals surface area (Å²) in [6.07, 6.45) is 0. The SMILES string of the molecule is Cc1ccccc1CN=C(NCC(=O)N(C)C)NCc1cccs1. The van der Waals surface area contributed by atoms with Gasteiger partial charge in [0.15, 0.2) is 5.96 Å². The molecule has 5 nitrogen and oxygen atoms in total. The molecule has 0 fully saturated rings. The number of guanidine groups is 1. The van der Waals surface area contributed by atoms with E-state index in [0.29, 0.717) is 19.0 Å². The smallest absolute Gasteiger partial charge is 0.241 e. The van der Waals surface area contributed by atoms with E-state index >= 15 is 0 Å². The van der Waals surface area contributed by atoms with E-state index in [4.69, 9.17) is 0 Å².